The molecule has 0 heterocycles. The lowest BCUT2D eigenvalue weighted by Crippen LogP contribution is -2.25. The van der Waals surface area contributed by atoms with E-state index in [0.717, 1.165) is 24.3 Å². The van der Waals surface area contributed by atoms with E-state index in [4.69, 9.17) is 12.2 Å². The highest BCUT2D eigenvalue weighted by Gasteiger charge is 2.11. The van der Waals surface area contributed by atoms with Crippen LogP contribution in [0, 0.1) is 11.4 Å². The SMILES string of the molecule is Cc1c(NCCN(C)C)c(=S)c1=O. The first kappa shape index (κ1) is 10.3. The van der Waals surface area contributed by atoms with Crippen molar-refractivity contribution in [3.05, 3.63) is 20.3 Å². The molecular formula is C9H14N2OS. The van der Waals surface area contributed by atoms with Crippen LogP contribution in [0.25, 0.3) is 0 Å². The van der Waals surface area contributed by atoms with Crippen LogP contribution in [0.3, 0.4) is 0 Å². The Hall–Kier alpha value is -0.740. The van der Waals surface area contributed by atoms with Gasteiger partial charge in [0.25, 0.3) is 0 Å². The van der Waals surface area contributed by atoms with E-state index in [-0.39, 0.29) is 5.43 Å². The van der Waals surface area contributed by atoms with Crippen molar-refractivity contribution >= 4 is 17.9 Å². The number of nitrogens with one attached hydrogen (secondary N) is 1. The highest BCUT2D eigenvalue weighted by molar-refractivity contribution is 7.71. The van der Waals surface area contributed by atoms with Gasteiger partial charge in [0.15, 0.2) is 0 Å². The minimum absolute atomic E-state index is 0.0161. The Bertz CT molecular complexity index is 363. The van der Waals surface area contributed by atoms with Crippen molar-refractivity contribution in [1.29, 1.82) is 0 Å². The van der Waals surface area contributed by atoms with Crippen molar-refractivity contribution < 1.29 is 0 Å². The Labute approximate surface area is 83.1 Å². The summed E-state index contributed by atoms with van der Waals surface area (Å²) in [6, 6.07) is 0. The van der Waals surface area contributed by atoms with Crippen molar-refractivity contribution in [3.8, 4) is 0 Å². The summed E-state index contributed by atoms with van der Waals surface area (Å²) in [5.41, 5.74) is 1.65. The molecule has 1 aromatic rings. The lowest BCUT2D eigenvalue weighted by atomic mass is 10.1. The molecule has 3 nitrogen and oxygen atoms in total. The molecule has 0 saturated heterocycles. The average molecular weight is 198 g/mol. The zero-order chi connectivity index (χ0) is 10.0. The molecule has 4 heteroatoms. The second-order valence-corrected chi connectivity index (χ2v) is 3.80. The smallest absolute Gasteiger partial charge is 0.203 e. The molecule has 0 aliphatic rings. The summed E-state index contributed by atoms with van der Waals surface area (Å²) in [6.45, 7) is 3.57. The number of hydrogen-bond donors (Lipinski definition) is 1. The maximum atomic E-state index is 11.0. The Morgan fingerprint density at radius 3 is 2.54 bits per heavy atom. The summed E-state index contributed by atoms with van der Waals surface area (Å²) in [5.74, 6) is 0. The lowest BCUT2D eigenvalue weighted by molar-refractivity contribution is 0.425. The molecule has 72 valence electrons. The van der Waals surface area contributed by atoms with Crippen molar-refractivity contribution in [2.24, 2.45) is 0 Å². The number of nitrogens with zero attached hydrogens (tertiary/aromatic N) is 1. The van der Waals surface area contributed by atoms with Gasteiger partial charge >= 0.3 is 0 Å². The summed E-state index contributed by atoms with van der Waals surface area (Å²) >= 11 is 4.90. The first-order chi connectivity index (χ1) is 6.04. The topological polar surface area (TPSA) is 32.3 Å². The van der Waals surface area contributed by atoms with Gasteiger partial charge in [0.1, 0.15) is 4.51 Å². The van der Waals surface area contributed by atoms with Gasteiger partial charge in [-0.1, -0.05) is 12.2 Å². The summed E-state index contributed by atoms with van der Waals surface area (Å²) in [7, 11) is 4.01. The Balaban J connectivity index is 2.48. The van der Waals surface area contributed by atoms with E-state index in [1.807, 2.05) is 14.1 Å². The van der Waals surface area contributed by atoms with Crippen molar-refractivity contribution in [2.45, 2.75) is 6.92 Å². The molecule has 0 amide bonds. The molecule has 0 unspecified atom stereocenters. The molecule has 0 spiro atoms. The van der Waals surface area contributed by atoms with E-state index in [0.29, 0.717) is 4.51 Å². The minimum atomic E-state index is 0.0161. The number of anilines is 1. The highest BCUT2D eigenvalue weighted by Crippen LogP contribution is 2.14. The molecule has 0 aliphatic heterocycles. The molecule has 0 radical (unpaired) electrons. The number of hydrogen-bond acceptors (Lipinski definition) is 4. The average Bonchev–Trinajstić information content (AvgIpc) is 2.10. The molecule has 0 saturated carbocycles. The molecule has 1 rings (SSSR count). The molecule has 1 N–H and O–H groups in total. The van der Waals surface area contributed by atoms with Crippen LogP contribution in [-0.2, 0) is 0 Å². The largest absolute Gasteiger partial charge is 0.382 e. The molecule has 13 heavy (non-hydrogen) atoms. The first-order valence-corrected chi connectivity index (χ1v) is 4.63. The standard InChI is InChI=1S/C9H14N2OS/c1-6-7(9(13)8(6)12)10-4-5-11(2)3/h10H,4-5H2,1-3H3. The van der Waals surface area contributed by atoms with Gasteiger partial charge in [-0.25, -0.2) is 0 Å². The second-order valence-electron chi connectivity index (χ2n) is 3.39. The maximum absolute atomic E-state index is 11.0. The molecule has 0 atom stereocenters. The zero-order valence-corrected chi connectivity index (χ0v) is 8.99. The van der Waals surface area contributed by atoms with E-state index in [2.05, 4.69) is 10.2 Å². The van der Waals surface area contributed by atoms with Gasteiger partial charge in [-0.2, -0.15) is 0 Å². The van der Waals surface area contributed by atoms with Crippen molar-refractivity contribution in [2.75, 3.05) is 32.5 Å². The number of likely N-dealkylation sites (N-methyl/N-ethyl adjacent to an activating group) is 1. The first-order valence-electron chi connectivity index (χ1n) is 4.22. The van der Waals surface area contributed by atoms with E-state index < -0.39 is 0 Å². The van der Waals surface area contributed by atoms with E-state index in [1.165, 1.54) is 0 Å². The van der Waals surface area contributed by atoms with Crippen LogP contribution in [0.2, 0.25) is 0 Å². The summed E-state index contributed by atoms with van der Waals surface area (Å²) in [4.78, 5) is 13.1. The van der Waals surface area contributed by atoms with Crippen molar-refractivity contribution in [3.63, 3.8) is 0 Å². The Morgan fingerprint density at radius 2 is 2.08 bits per heavy atom. The van der Waals surface area contributed by atoms with Gasteiger partial charge < -0.3 is 10.2 Å². The lowest BCUT2D eigenvalue weighted by Gasteiger charge is -2.14. The van der Waals surface area contributed by atoms with Crippen LogP contribution in [-0.4, -0.2) is 32.1 Å². The molecular weight excluding hydrogens is 184 g/mol. The summed E-state index contributed by atoms with van der Waals surface area (Å²) < 4.78 is 0.455. The van der Waals surface area contributed by atoms with Gasteiger partial charge in [-0.05, 0) is 21.0 Å². The maximum Gasteiger partial charge on any atom is 0.203 e. The van der Waals surface area contributed by atoms with Gasteiger partial charge in [-0.15, -0.1) is 0 Å². The van der Waals surface area contributed by atoms with Crippen LogP contribution in [0.5, 0.6) is 0 Å². The molecule has 0 aliphatic carbocycles. The predicted octanol–water partition coefficient (Wildman–Crippen LogP) is 0.934. The van der Waals surface area contributed by atoms with Crippen LogP contribution in [0.1, 0.15) is 5.56 Å². The molecule has 1 aromatic carbocycles. The van der Waals surface area contributed by atoms with Gasteiger partial charge in [0, 0.05) is 18.7 Å². The fourth-order valence-corrected chi connectivity index (χ4v) is 1.50. The third-order valence-corrected chi connectivity index (χ3v) is 2.40. The Morgan fingerprint density at radius 1 is 1.46 bits per heavy atom. The van der Waals surface area contributed by atoms with E-state index in [9.17, 15) is 4.79 Å². The fraction of sp³-hybridized carbons (Fsp3) is 0.556. The number of rotatable bonds is 4. The van der Waals surface area contributed by atoms with E-state index in [1.54, 1.807) is 6.92 Å². The van der Waals surface area contributed by atoms with E-state index >= 15 is 0 Å². The fourth-order valence-electron chi connectivity index (χ4n) is 1.12. The molecule has 0 fully saturated rings. The zero-order valence-electron chi connectivity index (χ0n) is 8.18. The summed E-state index contributed by atoms with van der Waals surface area (Å²) in [6.07, 6.45) is 0. The quantitative estimate of drug-likeness (QED) is 0.730. The van der Waals surface area contributed by atoms with Gasteiger partial charge in [0.05, 0.1) is 5.69 Å². The monoisotopic (exact) mass is 198 g/mol. The summed E-state index contributed by atoms with van der Waals surface area (Å²) in [5, 5.41) is 3.16. The predicted molar refractivity (Wildman–Crippen MR) is 57.7 cm³/mol. The van der Waals surface area contributed by atoms with Gasteiger partial charge in [-0.3, -0.25) is 4.79 Å². The third-order valence-electron chi connectivity index (χ3n) is 2.01. The van der Waals surface area contributed by atoms with Crippen LogP contribution in [0.15, 0.2) is 4.79 Å². The van der Waals surface area contributed by atoms with Crippen LogP contribution < -0.4 is 10.7 Å². The van der Waals surface area contributed by atoms with Gasteiger partial charge in [0.2, 0.25) is 5.43 Å². The van der Waals surface area contributed by atoms with Crippen molar-refractivity contribution in [1.82, 2.24) is 4.90 Å². The minimum Gasteiger partial charge on any atom is -0.382 e. The normalized spacial score (nSPS) is 11.1. The third kappa shape index (κ3) is 2.14. The second kappa shape index (κ2) is 3.98. The highest BCUT2D eigenvalue weighted by atomic mass is 32.1. The Kier molecular flexibility index (Phi) is 3.17. The van der Waals surface area contributed by atoms with Crippen LogP contribution >= 0.6 is 12.2 Å². The van der Waals surface area contributed by atoms with Crippen LogP contribution in [0.4, 0.5) is 5.69 Å². The molecule has 0 bridgehead atoms. The molecule has 0 aromatic heterocycles.